The topological polar surface area (TPSA) is 0 Å². The number of hydrogen-bond acceptors (Lipinski definition) is 0. The minimum absolute atomic E-state index is 0.351. The number of rotatable bonds is 3. The zero-order valence-corrected chi connectivity index (χ0v) is 15.0. The molecular weight excluding hydrogens is 420 g/mol. The van der Waals surface area contributed by atoms with Crippen LogP contribution in [0.25, 0.3) is 10.8 Å². The summed E-state index contributed by atoms with van der Waals surface area (Å²) >= 11 is 10.9. The maximum Gasteiger partial charge on any atom is 0.160 e. The second-order valence-corrected chi connectivity index (χ2v) is 11.2. The Morgan fingerprint density at radius 3 is 2.28 bits per heavy atom. The van der Waals surface area contributed by atoms with E-state index < -0.39 is 0 Å². The lowest BCUT2D eigenvalue weighted by Gasteiger charge is -2.17. The summed E-state index contributed by atoms with van der Waals surface area (Å²) in [4.78, 5) is 0. The predicted molar refractivity (Wildman–Crippen MR) is 91.0 cm³/mol. The fourth-order valence-electron chi connectivity index (χ4n) is 2.21. The van der Waals surface area contributed by atoms with E-state index in [0.717, 1.165) is 6.42 Å². The first-order valence-corrected chi connectivity index (χ1v) is 8.49. The summed E-state index contributed by atoms with van der Waals surface area (Å²) in [6, 6.07) is 13.0. The molecule has 0 bridgehead atoms. The van der Waals surface area contributed by atoms with Crippen molar-refractivity contribution in [3.8, 4) is 0 Å². The van der Waals surface area contributed by atoms with Gasteiger partial charge in [0.05, 0.1) is 0 Å². The summed E-state index contributed by atoms with van der Waals surface area (Å²) in [5.41, 5.74) is 2.64. The van der Waals surface area contributed by atoms with Crippen LogP contribution in [0.15, 0.2) is 36.4 Å². The largest absolute Gasteiger partial charge is 0.160 e. The van der Waals surface area contributed by atoms with Gasteiger partial charge in [0, 0.05) is 0 Å². The van der Waals surface area contributed by atoms with Gasteiger partial charge in [-0.15, -0.1) is 0 Å². The van der Waals surface area contributed by atoms with Gasteiger partial charge in [-0.3, -0.25) is 0 Å². The third-order valence-corrected chi connectivity index (χ3v) is 4.40. The van der Waals surface area contributed by atoms with Gasteiger partial charge in [0.1, 0.15) is 0 Å². The molecule has 96 valence electrons. The number of halogens is 3. The van der Waals surface area contributed by atoms with Crippen molar-refractivity contribution in [2.75, 3.05) is 0 Å². The molecule has 0 spiro atoms. The van der Waals surface area contributed by atoms with E-state index in [-0.39, 0.29) is 2.14 Å². The van der Waals surface area contributed by atoms with Gasteiger partial charge in [-0.05, 0) is 34.7 Å². The Hall–Kier alpha value is 0.140. The molecule has 0 aliphatic heterocycles. The van der Waals surface area contributed by atoms with Crippen LogP contribution in [-0.4, -0.2) is 0 Å². The average molecular weight is 435 g/mol. The Bertz CT molecular complexity index is 541. The molecule has 0 aromatic heterocycles. The number of fused-ring (bicyclic) bond motifs is 1. The van der Waals surface area contributed by atoms with Crippen molar-refractivity contribution in [3.63, 3.8) is 0 Å². The van der Waals surface area contributed by atoms with Crippen LogP contribution in [-0.2, 0) is 8.56 Å². The van der Waals surface area contributed by atoms with Crippen LogP contribution >= 0.6 is 47.8 Å². The number of aryl methyl sites for hydroxylation is 1. The Morgan fingerprint density at radius 2 is 1.61 bits per heavy atom. The molecule has 2 rings (SSSR count). The molecule has 2 aromatic rings. The van der Waals surface area contributed by atoms with E-state index >= 15 is 0 Å². The van der Waals surface area contributed by atoms with Crippen molar-refractivity contribution in [3.05, 3.63) is 47.5 Å². The quantitative estimate of drug-likeness (QED) is 0.485. The van der Waals surface area contributed by atoms with Gasteiger partial charge in [0.15, 0.2) is 2.14 Å². The van der Waals surface area contributed by atoms with E-state index in [1.807, 2.05) is 0 Å². The van der Waals surface area contributed by atoms with Crippen molar-refractivity contribution in [1.82, 2.24) is 0 Å². The van der Waals surface area contributed by atoms with Crippen LogP contribution in [0.1, 0.15) is 30.9 Å². The molecule has 3 heteroatoms. The molecule has 0 saturated carbocycles. The Morgan fingerprint density at radius 1 is 0.944 bits per heavy atom. The van der Waals surface area contributed by atoms with Crippen LogP contribution in [0.2, 0.25) is 0 Å². The van der Waals surface area contributed by atoms with Gasteiger partial charge in [-0.2, -0.15) is 0 Å². The summed E-state index contributed by atoms with van der Waals surface area (Å²) in [5.74, 6) is 0. The highest BCUT2D eigenvalue weighted by atomic mass is 80.0. The van der Waals surface area contributed by atoms with Gasteiger partial charge in [-0.25, -0.2) is 0 Å². The fourth-order valence-corrected chi connectivity index (χ4v) is 3.24. The first-order chi connectivity index (χ1) is 8.54. The minimum atomic E-state index is -0.351. The maximum absolute atomic E-state index is 3.62. The van der Waals surface area contributed by atoms with Gasteiger partial charge in [0.2, 0.25) is 0 Å². The standard InChI is InChI=1S/C15H15Br3/c1-2-3-6-11-7-4-9-13-12(11)8-5-10-14(13)15(16,17)18/h4-5,7-10H,2-3,6H2,1H3. The summed E-state index contributed by atoms with van der Waals surface area (Å²) < 4.78 is -0.351. The number of alkyl halides is 3. The van der Waals surface area contributed by atoms with Gasteiger partial charge in [-0.1, -0.05) is 97.5 Å². The van der Waals surface area contributed by atoms with Crippen molar-refractivity contribution < 1.29 is 0 Å². The molecule has 0 unspecified atom stereocenters. The van der Waals surface area contributed by atoms with Gasteiger partial charge >= 0.3 is 0 Å². The van der Waals surface area contributed by atoms with Crippen LogP contribution < -0.4 is 0 Å². The van der Waals surface area contributed by atoms with Crippen molar-refractivity contribution in [1.29, 1.82) is 0 Å². The molecule has 0 nitrogen and oxygen atoms in total. The predicted octanol–water partition coefficient (Wildman–Crippen LogP) is 6.48. The zero-order valence-electron chi connectivity index (χ0n) is 10.2. The summed E-state index contributed by atoms with van der Waals surface area (Å²) in [6.07, 6.45) is 3.62. The van der Waals surface area contributed by atoms with E-state index in [9.17, 15) is 0 Å². The zero-order chi connectivity index (χ0) is 13.2. The molecule has 0 amide bonds. The van der Waals surface area contributed by atoms with Crippen molar-refractivity contribution in [2.24, 2.45) is 0 Å². The highest BCUT2D eigenvalue weighted by Crippen LogP contribution is 2.47. The smallest absolute Gasteiger partial charge is 0.0654 e. The van der Waals surface area contributed by atoms with E-state index in [1.165, 1.54) is 34.7 Å². The molecular formula is C15H15Br3. The molecule has 0 aliphatic carbocycles. The van der Waals surface area contributed by atoms with Crippen LogP contribution in [0.5, 0.6) is 0 Å². The molecule has 0 radical (unpaired) electrons. The van der Waals surface area contributed by atoms with Crippen molar-refractivity contribution >= 4 is 58.6 Å². The first-order valence-electron chi connectivity index (χ1n) is 6.12. The Kier molecular flexibility index (Phi) is 4.90. The lowest BCUT2D eigenvalue weighted by molar-refractivity contribution is 0.799. The van der Waals surface area contributed by atoms with E-state index in [0.29, 0.717) is 0 Å². The number of hydrogen-bond donors (Lipinski definition) is 0. The van der Waals surface area contributed by atoms with Crippen LogP contribution in [0.3, 0.4) is 0 Å². The average Bonchev–Trinajstić information content (AvgIpc) is 2.34. The monoisotopic (exact) mass is 432 g/mol. The molecule has 0 fully saturated rings. The molecule has 18 heavy (non-hydrogen) atoms. The third-order valence-electron chi connectivity index (χ3n) is 3.12. The fraction of sp³-hybridized carbons (Fsp3) is 0.333. The van der Waals surface area contributed by atoms with Crippen LogP contribution in [0.4, 0.5) is 0 Å². The Balaban J connectivity index is 2.58. The Labute approximate surface area is 134 Å². The summed E-state index contributed by atoms with van der Waals surface area (Å²) in [6.45, 7) is 2.23. The molecule has 0 N–H and O–H groups in total. The van der Waals surface area contributed by atoms with E-state index in [1.54, 1.807) is 0 Å². The lowest BCUT2D eigenvalue weighted by atomic mass is 9.98. The molecule has 0 aliphatic rings. The second-order valence-electron chi connectivity index (χ2n) is 4.42. The summed E-state index contributed by atoms with van der Waals surface area (Å²) in [5, 5.41) is 2.64. The van der Waals surface area contributed by atoms with Crippen molar-refractivity contribution in [2.45, 2.75) is 28.3 Å². The molecule has 2 aromatic carbocycles. The SMILES string of the molecule is CCCCc1cccc2c(C(Br)(Br)Br)cccc12. The van der Waals surface area contributed by atoms with Crippen LogP contribution in [0, 0.1) is 0 Å². The summed E-state index contributed by atoms with van der Waals surface area (Å²) in [7, 11) is 0. The van der Waals surface area contributed by atoms with Gasteiger partial charge in [0.25, 0.3) is 0 Å². The number of unbranched alkanes of at least 4 members (excludes halogenated alkanes) is 1. The second kappa shape index (κ2) is 6.06. The molecule has 0 atom stereocenters. The first kappa shape index (κ1) is 14.5. The van der Waals surface area contributed by atoms with E-state index in [2.05, 4.69) is 91.1 Å². The maximum atomic E-state index is 3.62. The normalized spacial score (nSPS) is 12.0. The number of benzene rings is 2. The van der Waals surface area contributed by atoms with Gasteiger partial charge < -0.3 is 0 Å². The highest BCUT2D eigenvalue weighted by Gasteiger charge is 2.23. The third kappa shape index (κ3) is 3.17. The molecule has 0 heterocycles. The molecule has 0 saturated heterocycles. The van der Waals surface area contributed by atoms with E-state index in [4.69, 9.17) is 0 Å². The lowest BCUT2D eigenvalue weighted by Crippen LogP contribution is -1.99. The highest BCUT2D eigenvalue weighted by molar-refractivity contribution is 9.38. The minimum Gasteiger partial charge on any atom is -0.0654 e.